The molecule has 0 N–H and O–H groups in total. The minimum absolute atomic E-state index is 0.726. The molecule has 2 heterocycles. The molecule has 0 fully saturated rings. The Morgan fingerprint density at radius 1 is 1.22 bits per heavy atom. The van der Waals surface area contributed by atoms with E-state index in [-0.39, 0.29) is 0 Å². The molecule has 0 amide bonds. The zero-order valence-corrected chi connectivity index (χ0v) is 10.8. The topological polar surface area (TPSA) is 56.5 Å². The van der Waals surface area contributed by atoms with E-state index in [1.54, 1.807) is 10.9 Å². The third-order valence-electron chi connectivity index (χ3n) is 2.62. The van der Waals surface area contributed by atoms with Gasteiger partial charge in [0, 0.05) is 12.3 Å². The highest BCUT2D eigenvalue weighted by molar-refractivity contribution is 7.98. The molecule has 90 valence electrons. The predicted molar refractivity (Wildman–Crippen MR) is 71.0 cm³/mol. The molecule has 0 spiro atoms. The summed E-state index contributed by atoms with van der Waals surface area (Å²) in [6.07, 6.45) is 3.68. The van der Waals surface area contributed by atoms with Gasteiger partial charge >= 0.3 is 0 Å². The number of hydrogen-bond donors (Lipinski definition) is 0. The van der Waals surface area contributed by atoms with Crippen molar-refractivity contribution < 1.29 is 0 Å². The zero-order chi connectivity index (χ0) is 12.5. The lowest BCUT2D eigenvalue weighted by molar-refractivity contribution is 0.777. The van der Waals surface area contributed by atoms with Gasteiger partial charge in [-0.3, -0.25) is 0 Å². The van der Waals surface area contributed by atoms with Crippen molar-refractivity contribution in [1.29, 1.82) is 0 Å². The van der Waals surface area contributed by atoms with E-state index in [1.165, 1.54) is 17.3 Å². The minimum atomic E-state index is 0.726. The summed E-state index contributed by atoms with van der Waals surface area (Å²) in [7, 11) is 0. The van der Waals surface area contributed by atoms with E-state index in [0.717, 1.165) is 22.0 Å². The highest BCUT2D eigenvalue weighted by Crippen LogP contribution is 2.17. The molecule has 0 bridgehead atoms. The Labute approximate surface area is 108 Å². The van der Waals surface area contributed by atoms with Crippen LogP contribution in [0.4, 0.5) is 0 Å². The molecular weight excluding hydrogens is 246 g/mol. The Hall–Kier alpha value is -1.95. The van der Waals surface area contributed by atoms with Crippen LogP contribution in [-0.4, -0.2) is 31.2 Å². The van der Waals surface area contributed by atoms with E-state index in [9.17, 15) is 0 Å². The minimum Gasteiger partial charge on any atom is -0.231 e. The van der Waals surface area contributed by atoms with Crippen LogP contribution < -0.4 is 0 Å². The van der Waals surface area contributed by atoms with Gasteiger partial charge in [0.05, 0.1) is 5.52 Å². The maximum atomic E-state index is 4.43. The lowest BCUT2D eigenvalue weighted by Gasteiger charge is -2.02. The van der Waals surface area contributed by atoms with Gasteiger partial charge in [-0.05, 0) is 30.9 Å². The first-order valence-corrected chi connectivity index (χ1v) is 6.70. The van der Waals surface area contributed by atoms with Crippen molar-refractivity contribution in [2.24, 2.45) is 0 Å². The lowest BCUT2D eigenvalue weighted by atomic mass is 10.2. The number of benzene rings is 1. The highest BCUT2D eigenvalue weighted by atomic mass is 32.2. The molecular formula is C12H11N5S. The van der Waals surface area contributed by atoms with E-state index in [2.05, 4.69) is 26.3 Å². The third kappa shape index (κ3) is 1.84. The van der Waals surface area contributed by atoms with Crippen molar-refractivity contribution in [3.05, 3.63) is 36.0 Å². The SMILES string of the molecule is CSc1nccc(-n2nnc3ccc(C)cc32)n1. The number of fused-ring (bicyclic) bond motifs is 1. The molecule has 0 unspecified atom stereocenters. The van der Waals surface area contributed by atoms with Crippen LogP contribution in [0.5, 0.6) is 0 Å². The average Bonchev–Trinajstić information content (AvgIpc) is 2.81. The summed E-state index contributed by atoms with van der Waals surface area (Å²) in [5.41, 5.74) is 3.00. The normalized spacial score (nSPS) is 11.0. The Morgan fingerprint density at radius 3 is 2.94 bits per heavy atom. The molecule has 18 heavy (non-hydrogen) atoms. The molecule has 0 atom stereocenters. The molecule has 0 saturated carbocycles. The fraction of sp³-hybridized carbons (Fsp3) is 0.167. The second kappa shape index (κ2) is 4.38. The number of hydrogen-bond acceptors (Lipinski definition) is 5. The fourth-order valence-electron chi connectivity index (χ4n) is 1.75. The van der Waals surface area contributed by atoms with E-state index in [1.807, 2.05) is 31.4 Å². The Morgan fingerprint density at radius 2 is 2.11 bits per heavy atom. The first-order valence-electron chi connectivity index (χ1n) is 5.47. The van der Waals surface area contributed by atoms with Gasteiger partial charge in [0.1, 0.15) is 5.52 Å². The van der Waals surface area contributed by atoms with Crippen LogP contribution in [-0.2, 0) is 0 Å². The van der Waals surface area contributed by atoms with Crippen LogP contribution in [0.3, 0.4) is 0 Å². The molecule has 2 aromatic heterocycles. The largest absolute Gasteiger partial charge is 0.231 e. The van der Waals surface area contributed by atoms with E-state index >= 15 is 0 Å². The Bertz CT molecular complexity index is 707. The molecule has 0 aliphatic rings. The first-order chi connectivity index (χ1) is 8.78. The van der Waals surface area contributed by atoms with Gasteiger partial charge in [-0.2, -0.15) is 4.68 Å². The van der Waals surface area contributed by atoms with Gasteiger partial charge in [-0.1, -0.05) is 23.0 Å². The summed E-state index contributed by atoms with van der Waals surface area (Å²) < 4.78 is 1.74. The summed E-state index contributed by atoms with van der Waals surface area (Å²) in [6, 6.07) is 7.87. The standard InChI is InChI=1S/C12H11N5S/c1-8-3-4-9-10(7-8)17(16-15-9)11-5-6-13-12(14-11)18-2/h3-7H,1-2H3. The molecule has 0 radical (unpaired) electrons. The smallest absolute Gasteiger partial charge is 0.189 e. The summed E-state index contributed by atoms with van der Waals surface area (Å²) in [4.78, 5) is 8.58. The summed E-state index contributed by atoms with van der Waals surface area (Å²) >= 11 is 1.51. The molecule has 5 nitrogen and oxygen atoms in total. The number of rotatable bonds is 2. The van der Waals surface area contributed by atoms with E-state index in [0.29, 0.717) is 0 Å². The number of aryl methyl sites for hydroxylation is 1. The summed E-state index contributed by atoms with van der Waals surface area (Å²) in [5, 5.41) is 9.01. The molecule has 0 aliphatic carbocycles. The van der Waals surface area contributed by atoms with E-state index in [4.69, 9.17) is 0 Å². The van der Waals surface area contributed by atoms with Gasteiger partial charge in [0.15, 0.2) is 11.0 Å². The maximum Gasteiger partial charge on any atom is 0.189 e. The molecule has 0 aliphatic heterocycles. The van der Waals surface area contributed by atoms with Crippen LogP contribution in [0.2, 0.25) is 0 Å². The van der Waals surface area contributed by atoms with Gasteiger partial charge in [-0.25, -0.2) is 9.97 Å². The fourth-order valence-corrected chi connectivity index (χ4v) is 2.10. The Balaban J connectivity index is 2.21. The quantitative estimate of drug-likeness (QED) is 0.520. The van der Waals surface area contributed by atoms with E-state index < -0.39 is 0 Å². The summed E-state index contributed by atoms with van der Waals surface area (Å²) in [6.45, 7) is 2.05. The van der Waals surface area contributed by atoms with Crippen molar-refractivity contribution in [2.75, 3.05) is 6.26 Å². The number of nitrogens with zero attached hydrogens (tertiary/aromatic N) is 5. The van der Waals surface area contributed by atoms with Crippen LogP contribution in [0.1, 0.15) is 5.56 Å². The first kappa shape index (κ1) is 11.2. The van der Waals surface area contributed by atoms with Gasteiger partial charge in [0.25, 0.3) is 0 Å². The van der Waals surface area contributed by atoms with Crippen molar-refractivity contribution >= 4 is 22.8 Å². The van der Waals surface area contributed by atoms with Crippen molar-refractivity contribution in [3.63, 3.8) is 0 Å². The summed E-state index contributed by atoms with van der Waals surface area (Å²) in [5.74, 6) is 0.738. The van der Waals surface area contributed by atoms with Crippen molar-refractivity contribution in [1.82, 2.24) is 25.0 Å². The van der Waals surface area contributed by atoms with Crippen LogP contribution in [0, 0.1) is 6.92 Å². The average molecular weight is 257 g/mol. The molecule has 0 saturated heterocycles. The van der Waals surface area contributed by atoms with Gasteiger partial charge in [0.2, 0.25) is 0 Å². The number of aromatic nitrogens is 5. The molecule has 6 heteroatoms. The van der Waals surface area contributed by atoms with Crippen molar-refractivity contribution in [3.8, 4) is 5.82 Å². The van der Waals surface area contributed by atoms with Crippen molar-refractivity contribution in [2.45, 2.75) is 12.1 Å². The Kier molecular flexibility index (Phi) is 2.71. The monoisotopic (exact) mass is 257 g/mol. The molecule has 3 rings (SSSR count). The van der Waals surface area contributed by atoms with Crippen LogP contribution in [0.25, 0.3) is 16.9 Å². The number of thioether (sulfide) groups is 1. The zero-order valence-electron chi connectivity index (χ0n) is 10.0. The highest BCUT2D eigenvalue weighted by Gasteiger charge is 2.08. The second-order valence-electron chi connectivity index (χ2n) is 3.89. The predicted octanol–water partition coefficient (Wildman–Crippen LogP) is 2.24. The second-order valence-corrected chi connectivity index (χ2v) is 4.67. The van der Waals surface area contributed by atoms with Crippen LogP contribution >= 0.6 is 11.8 Å². The van der Waals surface area contributed by atoms with Gasteiger partial charge in [-0.15, -0.1) is 5.10 Å². The maximum absolute atomic E-state index is 4.43. The molecule has 1 aromatic carbocycles. The third-order valence-corrected chi connectivity index (χ3v) is 3.18. The van der Waals surface area contributed by atoms with Crippen LogP contribution in [0.15, 0.2) is 35.6 Å². The van der Waals surface area contributed by atoms with Gasteiger partial charge < -0.3 is 0 Å². The molecule has 3 aromatic rings. The lowest BCUT2D eigenvalue weighted by Crippen LogP contribution is -2.01.